The first kappa shape index (κ1) is 7.50. The zero-order valence-corrected chi connectivity index (χ0v) is 5.92. The molecule has 0 aromatic heterocycles. The van der Waals surface area contributed by atoms with E-state index in [-0.39, 0.29) is 11.9 Å². The first-order chi connectivity index (χ1) is 4.58. The Morgan fingerprint density at radius 2 is 2.30 bits per heavy atom. The molecule has 0 aromatic rings. The van der Waals surface area contributed by atoms with Crippen molar-refractivity contribution in [1.82, 2.24) is 5.32 Å². The van der Waals surface area contributed by atoms with Crippen LogP contribution in [0.25, 0.3) is 0 Å². The number of likely N-dealkylation sites (N-methyl/N-ethyl adjacent to an activating group) is 1. The highest BCUT2D eigenvalue weighted by Gasteiger charge is 2.46. The first-order valence-corrected chi connectivity index (χ1v) is 3.28. The Morgan fingerprint density at radius 1 is 1.80 bits per heavy atom. The first-order valence-electron chi connectivity index (χ1n) is 3.28. The molecule has 1 aliphatic rings. The monoisotopic (exact) mass is 144 g/mol. The highest BCUT2D eigenvalue weighted by molar-refractivity contribution is 5.85. The van der Waals surface area contributed by atoms with Crippen molar-refractivity contribution in [2.75, 3.05) is 7.05 Å². The number of nitrogens with one attached hydrogen (secondary N) is 1. The maximum absolute atomic E-state index is 10.8. The van der Waals surface area contributed by atoms with E-state index in [9.17, 15) is 9.90 Å². The van der Waals surface area contributed by atoms with Crippen molar-refractivity contribution in [2.24, 2.45) is 5.73 Å². The summed E-state index contributed by atoms with van der Waals surface area (Å²) in [6.07, 6.45) is 0.763. The number of carbonyl (C=O) groups is 1. The molecule has 1 amide bonds. The van der Waals surface area contributed by atoms with Gasteiger partial charge in [-0.2, -0.15) is 0 Å². The number of carbonyl (C=O) groups excluding carboxylic acids is 1. The third-order valence-corrected chi connectivity index (χ3v) is 1.85. The fourth-order valence-corrected chi connectivity index (χ4v) is 1.23. The molecule has 0 aliphatic heterocycles. The Labute approximate surface area is 59.4 Å². The fraction of sp³-hybridized carbons (Fsp3) is 0.833. The van der Waals surface area contributed by atoms with E-state index in [1.54, 1.807) is 0 Å². The van der Waals surface area contributed by atoms with Crippen LogP contribution < -0.4 is 11.1 Å². The van der Waals surface area contributed by atoms with E-state index in [0.717, 1.165) is 0 Å². The lowest BCUT2D eigenvalue weighted by molar-refractivity contribution is -0.149. The molecule has 0 heterocycles. The summed E-state index contributed by atoms with van der Waals surface area (Å²) in [5, 5.41) is 11.7. The van der Waals surface area contributed by atoms with E-state index in [2.05, 4.69) is 5.32 Å². The maximum Gasteiger partial charge on any atom is 0.251 e. The van der Waals surface area contributed by atoms with Gasteiger partial charge in [0, 0.05) is 25.9 Å². The third kappa shape index (κ3) is 0.998. The Bertz CT molecular complexity index is 152. The summed E-state index contributed by atoms with van der Waals surface area (Å²) in [7, 11) is 1.50. The van der Waals surface area contributed by atoms with Crippen LogP contribution in [0, 0.1) is 0 Å². The summed E-state index contributed by atoms with van der Waals surface area (Å²) < 4.78 is 0. The Hall–Kier alpha value is -0.610. The molecule has 1 fully saturated rings. The number of rotatable bonds is 1. The van der Waals surface area contributed by atoms with Crippen molar-refractivity contribution in [3.63, 3.8) is 0 Å². The minimum Gasteiger partial charge on any atom is -0.380 e. The lowest BCUT2D eigenvalue weighted by Gasteiger charge is -2.39. The molecule has 4 N–H and O–H groups in total. The summed E-state index contributed by atoms with van der Waals surface area (Å²) in [6, 6.07) is -0.0118. The molecule has 4 heteroatoms. The van der Waals surface area contributed by atoms with Crippen LogP contribution in [0.2, 0.25) is 0 Å². The van der Waals surface area contributed by atoms with Crippen molar-refractivity contribution >= 4 is 5.91 Å². The van der Waals surface area contributed by atoms with Gasteiger partial charge in [-0.3, -0.25) is 4.79 Å². The third-order valence-electron chi connectivity index (χ3n) is 1.85. The average molecular weight is 144 g/mol. The topological polar surface area (TPSA) is 75.3 Å². The molecule has 1 rings (SSSR count). The molecule has 1 saturated carbocycles. The van der Waals surface area contributed by atoms with Crippen LogP contribution in [-0.4, -0.2) is 29.7 Å². The summed E-state index contributed by atoms with van der Waals surface area (Å²) in [6.45, 7) is 0. The van der Waals surface area contributed by atoms with Gasteiger partial charge in [0.1, 0.15) is 5.60 Å². The van der Waals surface area contributed by atoms with E-state index in [4.69, 9.17) is 5.73 Å². The van der Waals surface area contributed by atoms with Gasteiger partial charge < -0.3 is 16.2 Å². The zero-order valence-electron chi connectivity index (χ0n) is 5.92. The molecule has 0 aromatic carbocycles. The molecule has 0 bridgehead atoms. The fourth-order valence-electron chi connectivity index (χ4n) is 1.23. The minimum atomic E-state index is -1.17. The molecule has 58 valence electrons. The van der Waals surface area contributed by atoms with Crippen molar-refractivity contribution in [2.45, 2.75) is 24.5 Å². The van der Waals surface area contributed by atoms with Crippen LogP contribution in [0.15, 0.2) is 0 Å². The number of amides is 1. The number of nitrogens with two attached hydrogens (primary N) is 1. The molecular formula is C6H12N2O2. The van der Waals surface area contributed by atoms with Gasteiger partial charge in [-0.05, 0) is 0 Å². The van der Waals surface area contributed by atoms with Crippen molar-refractivity contribution in [3.05, 3.63) is 0 Å². The van der Waals surface area contributed by atoms with Gasteiger partial charge in [-0.15, -0.1) is 0 Å². The molecular weight excluding hydrogens is 132 g/mol. The maximum atomic E-state index is 10.8. The van der Waals surface area contributed by atoms with Gasteiger partial charge in [0.05, 0.1) is 0 Å². The molecule has 10 heavy (non-hydrogen) atoms. The summed E-state index contributed by atoms with van der Waals surface area (Å²) in [5.74, 6) is -0.325. The van der Waals surface area contributed by atoms with Crippen LogP contribution in [0.4, 0.5) is 0 Å². The average Bonchev–Trinajstić information content (AvgIpc) is 1.83. The number of hydrogen-bond donors (Lipinski definition) is 3. The number of hydrogen-bond acceptors (Lipinski definition) is 3. The van der Waals surface area contributed by atoms with Crippen LogP contribution in [0.1, 0.15) is 12.8 Å². The van der Waals surface area contributed by atoms with Gasteiger partial charge in [0.2, 0.25) is 0 Å². The molecule has 1 aliphatic carbocycles. The van der Waals surface area contributed by atoms with Gasteiger partial charge in [-0.1, -0.05) is 0 Å². The highest BCUT2D eigenvalue weighted by atomic mass is 16.3. The minimum absolute atomic E-state index is 0.0118. The Morgan fingerprint density at radius 3 is 2.60 bits per heavy atom. The van der Waals surface area contributed by atoms with E-state index >= 15 is 0 Å². The molecule has 0 spiro atoms. The van der Waals surface area contributed by atoms with Gasteiger partial charge in [0.25, 0.3) is 5.91 Å². The Balaban J connectivity index is 2.48. The normalized spacial score (nSPS) is 38.5. The smallest absolute Gasteiger partial charge is 0.251 e. The van der Waals surface area contributed by atoms with E-state index in [0.29, 0.717) is 12.8 Å². The van der Waals surface area contributed by atoms with Gasteiger partial charge >= 0.3 is 0 Å². The molecule has 0 saturated heterocycles. The van der Waals surface area contributed by atoms with Crippen molar-refractivity contribution < 1.29 is 9.90 Å². The Kier molecular flexibility index (Phi) is 1.66. The van der Waals surface area contributed by atoms with E-state index in [1.165, 1.54) is 7.05 Å². The lowest BCUT2D eigenvalue weighted by atomic mass is 9.75. The van der Waals surface area contributed by atoms with Crippen LogP contribution in [0.5, 0.6) is 0 Å². The summed E-state index contributed by atoms with van der Waals surface area (Å²) >= 11 is 0. The second-order valence-corrected chi connectivity index (χ2v) is 2.78. The predicted octanol–water partition coefficient (Wildman–Crippen LogP) is -1.42. The standard InChI is InChI=1S/C6H12N2O2/c1-8-5(9)6(10)2-4(7)3-6/h4,10H,2-3,7H2,1H3,(H,8,9). The highest BCUT2D eigenvalue weighted by Crippen LogP contribution is 2.30. The van der Waals surface area contributed by atoms with Gasteiger partial charge in [0.15, 0.2) is 0 Å². The molecule has 0 atom stereocenters. The summed E-state index contributed by atoms with van der Waals surface area (Å²) in [4.78, 5) is 10.8. The van der Waals surface area contributed by atoms with Crippen molar-refractivity contribution in [1.29, 1.82) is 0 Å². The van der Waals surface area contributed by atoms with Gasteiger partial charge in [-0.25, -0.2) is 0 Å². The molecule has 0 radical (unpaired) electrons. The number of aliphatic hydroxyl groups is 1. The van der Waals surface area contributed by atoms with Crippen LogP contribution >= 0.6 is 0 Å². The SMILES string of the molecule is CNC(=O)C1(O)CC(N)C1. The van der Waals surface area contributed by atoms with Crippen LogP contribution in [0.3, 0.4) is 0 Å². The van der Waals surface area contributed by atoms with Crippen LogP contribution in [-0.2, 0) is 4.79 Å². The van der Waals surface area contributed by atoms with Crippen molar-refractivity contribution in [3.8, 4) is 0 Å². The second kappa shape index (κ2) is 2.21. The van der Waals surface area contributed by atoms with E-state index < -0.39 is 5.60 Å². The second-order valence-electron chi connectivity index (χ2n) is 2.78. The largest absolute Gasteiger partial charge is 0.380 e. The summed E-state index contributed by atoms with van der Waals surface area (Å²) in [5.41, 5.74) is 4.23. The molecule has 4 nitrogen and oxygen atoms in total. The predicted molar refractivity (Wildman–Crippen MR) is 36.2 cm³/mol. The lowest BCUT2D eigenvalue weighted by Crippen LogP contribution is -2.59. The molecule has 0 unspecified atom stereocenters. The van der Waals surface area contributed by atoms with E-state index in [1.807, 2.05) is 0 Å². The zero-order chi connectivity index (χ0) is 7.78. The quantitative estimate of drug-likeness (QED) is 0.423.